The number of carbonyl (C=O) groups excluding carboxylic acids is 1. The highest BCUT2D eigenvalue weighted by atomic mass is 35.5. The lowest BCUT2D eigenvalue weighted by Crippen LogP contribution is -2.13. The topological polar surface area (TPSA) is 30.2 Å². The maximum atomic E-state index is 13.0. The number of hydrogen-bond donors (Lipinski definition) is 0. The zero-order valence-corrected chi connectivity index (χ0v) is 8.35. The Morgan fingerprint density at radius 2 is 2.20 bits per heavy atom. The van der Waals surface area contributed by atoms with Crippen molar-refractivity contribution in [3.05, 3.63) is 28.2 Å². The summed E-state index contributed by atoms with van der Waals surface area (Å²) in [6.45, 7) is 0. The van der Waals surface area contributed by atoms with Crippen molar-refractivity contribution in [1.29, 1.82) is 0 Å². The number of fused-ring (bicyclic) bond motifs is 1. The predicted octanol–water partition coefficient (Wildman–Crippen LogP) is 3.10. The van der Waals surface area contributed by atoms with Crippen LogP contribution in [0.3, 0.4) is 0 Å². The van der Waals surface area contributed by atoms with Gasteiger partial charge in [-0.05, 0) is 18.6 Å². The summed E-state index contributed by atoms with van der Waals surface area (Å²) in [6.07, 6.45) is 2.21. The monoisotopic (exact) mass is 232 g/mol. The van der Waals surface area contributed by atoms with E-state index < -0.39 is 18.0 Å². The molecule has 1 heterocycles. The molecule has 0 N–H and O–H groups in total. The third-order valence-electron chi connectivity index (χ3n) is 2.22. The van der Waals surface area contributed by atoms with Crippen LogP contribution in [0.1, 0.15) is 23.5 Å². The van der Waals surface area contributed by atoms with Gasteiger partial charge in [0.2, 0.25) is 0 Å². The maximum Gasteiger partial charge on any atom is 0.358 e. The number of alkyl halides is 2. The molecule has 1 aliphatic carbocycles. The van der Waals surface area contributed by atoms with Crippen LogP contribution >= 0.6 is 11.6 Å². The number of hydrogen-bond acceptors (Lipinski definition) is 2. The Morgan fingerprint density at radius 3 is 2.87 bits per heavy atom. The number of aldehydes is 1. The first kappa shape index (κ1) is 10.4. The number of carbonyl (C=O) groups is 1. The Balaban J connectivity index is 2.44. The summed E-state index contributed by atoms with van der Waals surface area (Å²) >= 11 is 5.76. The second-order valence-corrected chi connectivity index (χ2v) is 3.81. The molecule has 1 aromatic rings. The van der Waals surface area contributed by atoms with E-state index in [-0.39, 0.29) is 0 Å². The Morgan fingerprint density at radius 1 is 1.47 bits per heavy atom. The van der Waals surface area contributed by atoms with E-state index in [1.807, 2.05) is 0 Å². The molecule has 0 amide bonds. The molecule has 0 unspecified atom stereocenters. The minimum Gasteiger partial charge on any atom is -0.459 e. The molecule has 0 saturated carbocycles. The highest BCUT2D eigenvalue weighted by Gasteiger charge is 2.36. The average Bonchev–Trinajstić information content (AvgIpc) is 2.61. The molecule has 0 atom stereocenters. The number of halogens is 3. The fourth-order valence-electron chi connectivity index (χ4n) is 1.46. The van der Waals surface area contributed by atoms with Crippen LogP contribution in [0.2, 0.25) is 0 Å². The van der Waals surface area contributed by atoms with E-state index in [1.54, 1.807) is 6.08 Å². The molecule has 0 saturated heterocycles. The van der Waals surface area contributed by atoms with Gasteiger partial charge in [0.05, 0.1) is 0 Å². The first-order valence-electron chi connectivity index (χ1n) is 4.36. The van der Waals surface area contributed by atoms with Crippen LogP contribution in [0.5, 0.6) is 0 Å². The minimum absolute atomic E-state index is 0.428. The molecule has 2 rings (SSSR count). The van der Waals surface area contributed by atoms with Crippen LogP contribution in [0, 0.1) is 0 Å². The van der Waals surface area contributed by atoms with Crippen molar-refractivity contribution in [3.63, 3.8) is 0 Å². The highest BCUT2D eigenvalue weighted by Crippen LogP contribution is 2.34. The summed E-state index contributed by atoms with van der Waals surface area (Å²) in [5.74, 6) is -3.72. The fraction of sp³-hybridized carbons (Fsp3) is 0.300. The van der Waals surface area contributed by atoms with Gasteiger partial charge in [-0.3, -0.25) is 4.79 Å². The van der Waals surface area contributed by atoms with Gasteiger partial charge in [0.1, 0.15) is 5.76 Å². The molecule has 0 spiro atoms. The second kappa shape index (κ2) is 3.45. The first-order chi connectivity index (χ1) is 7.03. The van der Waals surface area contributed by atoms with Crippen LogP contribution in [0.25, 0.3) is 6.08 Å². The largest absolute Gasteiger partial charge is 0.459 e. The van der Waals surface area contributed by atoms with Crippen LogP contribution in [0.15, 0.2) is 15.5 Å². The SMILES string of the molecule is O=CC(F)(F)c1cc2c(o1)CCC(Cl)=C2. The Bertz CT molecular complexity index is 435. The van der Waals surface area contributed by atoms with E-state index in [4.69, 9.17) is 16.0 Å². The normalized spacial score (nSPS) is 15.8. The van der Waals surface area contributed by atoms with Gasteiger partial charge >= 0.3 is 5.92 Å². The lowest BCUT2D eigenvalue weighted by molar-refractivity contribution is -0.132. The summed E-state index contributed by atoms with van der Waals surface area (Å²) in [5, 5.41) is 0.601. The van der Waals surface area contributed by atoms with Crippen molar-refractivity contribution in [3.8, 4) is 0 Å². The molecule has 80 valence electrons. The summed E-state index contributed by atoms with van der Waals surface area (Å²) in [7, 11) is 0. The average molecular weight is 233 g/mol. The van der Waals surface area contributed by atoms with E-state index in [1.165, 1.54) is 0 Å². The predicted molar refractivity (Wildman–Crippen MR) is 50.8 cm³/mol. The van der Waals surface area contributed by atoms with Gasteiger partial charge in [0.15, 0.2) is 12.0 Å². The number of furan rings is 1. The summed E-state index contributed by atoms with van der Waals surface area (Å²) in [6, 6.07) is 1.16. The first-order valence-corrected chi connectivity index (χ1v) is 4.74. The van der Waals surface area contributed by atoms with E-state index in [0.717, 1.165) is 6.07 Å². The third kappa shape index (κ3) is 1.81. The summed E-state index contributed by atoms with van der Waals surface area (Å²) in [5.41, 5.74) is 0.530. The number of allylic oxidation sites excluding steroid dienone is 1. The standard InChI is InChI=1S/C10H7ClF2O2/c11-7-1-2-8-6(3-7)4-9(15-8)10(12,13)5-14/h3-5H,1-2H2. The molecule has 0 aliphatic heterocycles. The third-order valence-corrected chi connectivity index (χ3v) is 2.52. The van der Waals surface area contributed by atoms with E-state index in [0.29, 0.717) is 29.2 Å². The van der Waals surface area contributed by atoms with E-state index >= 15 is 0 Å². The van der Waals surface area contributed by atoms with Crippen molar-refractivity contribution in [1.82, 2.24) is 0 Å². The van der Waals surface area contributed by atoms with Crippen LogP contribution in [-0.2, 0) is 17.1 Å². The van der Waals surface area contributed by atoms with Crippen molar-refractivity contribution in [2.45, 2.75) is 18.8 Å². The zero-order valence-electron chi connectivity index (χ0n) is 7.60. The highest BCUT2D eigenvalue weighted by molar-refractivity contribution is 6.31. The van der Waals surface area contributed by atoms with Crippen LogP contribution in [0.4, 0.5) is 8.78 Å². The molecular formula is C10H7ClF2O2. The Hall–Kier alpha value is -1.16. The van der Waals surface area contributed by atoms with E-state index in [9.17, 15) is 13.6 Å². The van der Waals surface area contributed by atoms with Gasteiger partial charge in [-0.1, -0.05) is 11.6 Å². The minimum atomic E-state index is -3.56. The molecule has 5 heteroatoms. The Kier molecular flexibility index (Phi) is 2.38. The molecule has 1 aliphatic rings. The van der Waals surface area contributed by atoms with Crippen LogP contribution in [-0.4, -0.2) is 6.29 Å². The molecule has 2 nitrogen and oxygen atoms in total. The molecular weight excluding hydrogens is 226 g/mol. The van der Waals surface area contributed by atoms with Gasteiger partial charge in [0.25, 0.3) is 0 Å². The van der Waals surface area contributed by atoms with E-state index in [2.05, 4.69) is 0 Å². The summed E-state index contributed by atoms with van der Waals surface area (Å²) in [4.78, 5) is 10.2. The smallest absolute Gasteiger partial charge is 0.358 e. The fourth-order valence-corrected chi connectivity index (χ4v) is 1.67. The summed E-state index contributed by atoms with van der Waals surface area (Å²) < 4.78 is 30.8. The molecule has 0 fully saturated rings. The molecule has 0 aromatic carbocycles. The van der Waals surface area contributed by atoms with Gasteiger partial charge in [0, 0.05) is 17.0 Å². The van der Waals surface area contributed by atoms with Crippen LogP contribution < -0.4 is 0 Å². The number of aryl methyl sites for hydroxylation is 1. The zero-order chi connectivity index (χ0) is 11.1. The lowest BCUT2D eigenvalue weighted by atomic mass is 10.1. The van der Waals surface area contributed by atoms with Crippen molar-refractivity contribution < 1.29 is 18.0 Å². The van der Waals surface area contributed by atoms with Gasteiger partial charge in [-0.25, -0.2) is 0 Å². The van der Waals surface area contributed by atoms with Crippen molar-refractivity contribution >= 4 is 24.0 Å². The van der Waals surface area contributed by atoms with Crippen molar-refractivity contribution in [2.24, 2.45) is 0 Å². The van der Waals surface area contributed by atoms with Crippen molar-refractivity contribution in [2.75, 3.05) is 0 Å². The maximum absolute atomic E-state index is 13.0. The van der Waals surface area contributed by atoms with Gasteiger partial charge in [-0.2, -0.15) is 8.78 Å². The molecule has 1 aromatic heterocycles. The quantitative estimate of drug-likeness (QED) is 0.734. The molecule has 15 heavy (non-hydrogen) atoms. The second-order valence-electron chi connectivity index (χ2n) is 3.32. The number of rotatable bonds is 2. The molecule has 0 bridgehead atoms. The van der Waals surface area contributed by atoms with Gasteiger partial charge in [-0.15, -0.1) is 0 Å². The van der Waals surface area contributed by atoms with Gasteiger partial charge < -0.3 is 4.42 Å². The lowest BCUT2D eigenvalue weighted by Gasteiger charge is -2.05. The Labute approximate surface area is 89.5 Å². The molecule has 0 radical (unpaired) electrons.